The molecule has 2 aromatic heterocycles. The molecule has 0 saturated heterocycles. The van der Waals surface area contributed by atoms with E-state index in [-0.39, 0.29) is 28.5 Å². The fourth-order valence-corrected chi connectivity index (χ4v) is 3.24. The Balaban J connectivity index is 2.27. The number of carbonyl (C=O) groups excluding carboxylic acids is 1. The largest absolute Gasteiger partial charge is 0.513 e. The van der Waals surface area contributed by atoms with Gasteiger partial charge in [-0.1, -0.05) is 43.1 Å². The van der Waals surface area contributed by atoms with Crippen molar-refractivity contribution in [3.8, 4) is 22.9 Å². The van der Waals surface area contributed by atoms with E-state index in [0.717, 1.165) is 0 Å². The molecule has 3 aromatic rings. The maximum Gasteiger partial charge on any atom is 0.513 e. The minimum absolute atomic E-state index is 0.0387. The van der Waals surface area contributed by atoms with E-state index in [1.165, 1.54) is 17.8 Å². The highest BCUT2D eigenvalue weighted by Gasteiger charge is 2.24. The summed E-state index contributed by atoms with van der Waals surface area (Å²) in [4.78, 5) is 15.9. The molecule has 8 nitrogen and oxygen atoms in total. The molecule has 0 amide bonds. The van der Waals surface area contributed by atoms with Gasteiger partial charge in [-0.2, -0.15) is 14.9 Å². The molecule has 1 atom stereocenters. The van der Waals surface area contributed by atoms with Crippen LogP contribution in [0.4, 0.5) is 10.6 Å². The number of carbonyl (C=O) groups is 1. The maximum absolute atomic E-state index is 11.6. The molecule has 156 valence electrons. The highest BCUT2D eigenvalue weighted by molar-refractivity contribution is 6.36. The van der Waals surface area contributed by atoms with Gasteiger partial charge in [0.15, 0.2) is 5.75 Å². The van der Waals surface area contributed by atoms with E-state index in [0.29, 0.717) is 27.5 Å². The molecule has 30 heavy (non-hydrogen) atoms. The SMILES string of the molecule is COC(=O)Oc1cnn2c(N[C@H](C)C(C)C)c(-c3ccc(C#N)cc3Cl)c(Cl)nc12. The summed E-state index contributed by atoms with van der Waals surface area (Å²) in [5, 5.41) is 17.3. The van der Waals surface area contributed by atoms with Crippen molar-refractivity contribution in [2.45, 2.75) is 26.8 Å². The molecule has 0 fully saturated rings. The van der Waals surface area contributed by atoms with Crippen LogP contribution in [0.2, 0.25) is 10.2 Å². The summed E-state index contributed by atoms with van der Waals surface area (Å²) < 4.78 is 11.2. The van der Waals surface area contributed by atoms with Crippen molar-refractivity contribution in [3.63, 3.8) is 0 Å². The summed E-state index contributed by atoms with van der Waals surface area (Å²) in [6.45, 7) is 6.16. The molecule has 2 heterocycles. The Morgan fingerprint density at radius 1 is 1.30 bits per heavy atom. The van der Waals surface area contributed by atoms with E-state index in [1.54, 1.807) is 18.2 Å². The van der Waals surface area contributed by atoms with Gasteiger partial charge >= 0.3 is 6.16 Å². The highest BCUT2D eigenvalue weighted by Crippen LogP contribution is 2.40. The van der Waals surface area contributed by atoms with Gasteiger partial charge in [-0.3, -0.25) is 0 Å². The van der Waals surface area contributed by atoms with Gasteiger partial charge in [0.25, 0.3) is 0 Å². The van der Waals surface area contributed by atoms with Crippen LogP contribution in [0.3, 0.4) is 0 Å². The number of benzene rings is 1. The molecule has 0 aliphatic rings. The normalized spacial score (nSPS) is 11.9. The van der Waals surface area contributed by atoms with Crippen LogP contribution >= 0.6 is 23.2 Å². The zero-order chi connectivity index (χ0) is 22.0. The molecule has 0 aliphatic carbocycles. The molecule has 1 aromatic carbocycles. The number of halogens is 2. The monoisotopic (exact) mass is 447 g/mol. The van der Waals surface area contributed by atoms with Gasteiger partial charge in [-0.15, -0.1) is 0 Å². The molecule has 0 radical (unpaired) electrons. The van der Waals surface area contributed by atoms with Crippen molar-refractivity contribution < 1.29 is 14.3 Å². The first-order valence-corrected chi connectivity index (χ1v) is 9.82. The number of aromatic nitrogens is 3. The summed E-state index contributed by atoms with van der Waals surface area (Å²) >= 11 is 13.0. The third kappa shape index (κ3) is 4.13. The van der Waals surface area contributed by atoms with Gasteiger partial charge < -0.3 is 14.8 Å². The second-order valence-electron chi connectivity index (χ2n) is 6.91. The Bertz CT molecular complexity index is 1150. The number of fused-ring (bicyclic) bond motifs is 1. The van der Waals surface area contributed by atoms with Crippen molar-refractivity contribution in [2.24, 2.45) is 5.92 Å². The fraction of sp³-hybridized carbons (Fsp3) is 0.300. The predicted molar refractivity (Wildman–Crippen MR) is 114 cm³/mol. The lowest BCUT2D eigenvalue weighted by molar-refractivity contribution is 0.122. The molecule has 10 heteroatoms. The van der Waals surface area contributed by atoms with Gasteiger partial charge in [0, 0.05) is 16.6 Å². The lowest BCUT2D eigenvalue weighted by atomic mass is 10.0. The van der Waals surface area contributed by atoms with E-state index in [4.69, 9.17) is 33.2 Å². The van der Waals surface area contributed by atoms with E-state index in [9.17, 15) is 4.79 Å². The number of ether oxygens (including phenoxy) is 2. The van der Waals surface area contributed by atoms with E-state index in [1.807, 2.05) is 6.92 Å². The Morgan fingerprint density at radius 3 is 2.63 bits per heavy atom. The van der Waals surface area contributed by atoms with Gasteiger partial charge in [0.2, 0.25) is 5.65 Å². The van der Waals surface area contributed by atoms with Gasteiger partial charge in [-0.05, 0) is 25.0 Å². The van der Waals surface area contributed by atoms with Crippen molar-refractivity contribution in [3.05, 3.63) is 40.1 Å². The zero-order valence-electron chi connectivity index (χ0n) is 16.7. The third-order valence-corrected chi connectivity index (χ3v) is 5.25. The molecule has 0 bridgehead atoms. The van der Waals surface area contributed by atoms with Crippen LogP contribution in [-0.4, -0.2) is 33.9 Å². The van der Waals surface area contributed by atoms with Crippen LogP contribution in [0, 0.1) is 17.2 Å². The molecule has 0 spiro atoms. The summed E-state index contributed by atoms with van der Waals surface area (Å²) in [6.07, 6.45) is 0.456. The molecule has 0 unspecified atom stereocenters. The smallest absolute Gasteiger partial charge is 0.437 e. The summed E-state index contributed by atoms with van der Waals surface area (Å²) in [5.74, 6) is 0.914. The summed E-state index contributed by atoms with van der Waals surface area (Å²) in [5.41, 5.74) is 1.75. The van der Waals surface area contributed by atoms with Crippen molar-refractivity contribution >= 4 is 40.8 Å². The first-order chi connectivity index (χ1) is 14.3. The number of nitrogens with one attached hydrogen (secondary N) is 1. The molecule has 0 saturated carbocycles. The third-order valence-electron chi connectivity index (χ3n) is 4.66. The summed E-state index contributed by atoms with van der Waals surface area (Å²) in [7, 11) is 1.21. The Morgan fingerprint density at radius 2 is 2.03 bits per heavy atom. The molecule has 0 aliphatic heterocycles. The second kappa shape index (κ2) is 8.78. The number of rotatable bonds is 5. The molecular weight excluding hydrogens is 429 g/mol. The fourth-order valence-electron chi connectivity index (χ4n) is 2.69. The van der Waals surface area contributed by atoms with Crippen LogP contribution < -0.4 is 10.1 Å². The second-order valence-corrected chi connectivity index (χ2v) is 7.68. The van der Waals surface area contributed by atoms with Crippen LogP contribution in [0.25, 0.3) is 16.8 Å². The quantitative estimate of drug-likeness (QED) is 0.424. The van der Waals surface area contributed by atoms with E-state index in [2.05, 4.69) is 40.1 Å². The minimum atomic E-state index is -0.896. The average molecular weight is 448 g/mol. The number of hydrogen-bond donors (Lipinski definition) is 1. The van der Waals surface area contributed by atoms with Crippen LogP contribution in [0.15, 0.2) is 24.4 Å². The Hall–Kier alpha value is -3.02. The maximum atomic E-state index is 11.6. The molecule has 3 rings (SSSR count). The minimum Gasteiger partial charge on any atom is -0.437 e. The topological polar surface area (TPSA) is 102 Å². The predicted octanol–water partition coefficient (Wildman–Crippen LogP) is 5.18. The van der Waals surface area contributed by atoms with Gasteiger partial charge in [0.05, 0.1) is 30.5 Å². The van der Waals surface area contributed by atoms with Crippen molar-refractivity contribution in [2.75, 3.05) is 12.4 Å². The number of methoxy groups -OCH3 is 1. The van der Waals surface area contributed by atoms with Gasteiger partial charge in [-0.25, -0.2) is 9.78 Å². The summed E-state index contributed by atoms with van der Waals surface area (Å²) in [6, 6.07) is 7.00. The first-order valence-electron chi connectivity index (χ1n) is 9.06. The van der Waals surface area contributed by atoms with E-state index < -0.39 is 6.16 Å². The number of nitrogens with zero attached hydrogens (tertiary/aromatic N) is 4. The van der Waals surface area contributed by atoms with Crippen LogP contribution in [-0.2, 0) is 4.74 Å². The Labute approximate surface area is 183 Å². The number of nitriles is 1. The first kappa shape index (κ1) is 21.7. The lowest BCUT2D eigenvalue weighted by Crippen LogP contribution is -2.24. The molecule has 1 N–H and O–H groups in total. The van der Waals surface area contributed by atoms with Gasteiger partial charge in [0.1, 0.15) is 11.0 Å². The number of hydrogen-bond acceptors (Lipinski definition) is 7. The zero-order valence-corrected chi connectivity index (χ0v) is 18.2. The average Bonchev–Trinajstić information content (AvgIpc) is 3.10. The van der Waals surface area contributed by atoms with E-state index >= 15 is 0 Å². The lowest BCUT2D eigenvalue weighted by Gasteiger charge is -2.22. The van der Waals surface area contributed by atoms with Crippen molar-refractivity contribution in [1.29, 1.82) is 5.26 Å². The van der Waals surface area contributed by atoms with Crippen LogP contribution in [0.5, 0.6) is 5.75 Å². The molecular formula is C20H19Cl2N5O3. The van der Waals surface area contributed by atoms with Crippen LogP contribution in [0.1, 0.15) is 26.3 Å². The standard InChI is InChI=1S/C20H19Cl2N5O3/c1-10(2)11(3)25-19-16(13-6-5-12(8-23)7-14(13)21)17(22)26-18-15(9-24-27(18)19)30-20(28)29-4/h5-7,9-11,25H,1-4H3/t11-/m1/s1. The number of anilines is 1. The van der Waals surface area contributed by atoms with Crippen molar-refractivity contribution in [1.82, 2.24) is 14.6 Å². The Kier molecular flexibility index (Phi) is 6.34. The highest BCUT2D eigenvalue weighted by atomic mass is 35.5.